The van der Waals surface area contributed by atoms with E-state index in [0.717, 1.165) is 0 Å². The van der Waals surface area contributed by atoms with Gasteiger partial charge >= 0.3 is 0 Å². The zero-order valence-corrected chi connectivity index (χ0v) is 10.8. The molecule has 0 saturated carbocycles. The van der Waals surface area contributed by atoms with Gasteiger partial charge in [0.05, 0.1) is 14.8 Å². The third kappa shape index (κ3) is 2.37. The van der Waals surface area contributed by atoms with Crippen LogP contribution in [0.5, 0.6) is 0 Å². The minimum atomic E-state index is -3.51. The molecule has 0 saturated heterocycles. The fourth-order valence-corrected chi connectivity index (χ4v) is 3.39. The normalized spacial score (nSPS) is 16.5. The van der Waals surface area contributed by atoms with E-state index in [1.54, 1.807) is 37.3 Å². The van der Waals surface area contributed by atoms with E-state index in [2.05, 4.69) is 0 Å². The summed E-state index contributed by atoms with van der Waals surface area (Å²) in [7, 11) is -3.51. The van der Waals surface area contributed by atoms with E-state index in [1.165, 1.54) is 6.26 Å². The van der Waals surface area contributed by atoms with Crippen molar-refractivity contribution in [2.24, 2.45) is 0 Å². The number of allylic oxidation sites excluding steroid dienone is 3. The molecule has 0 aromatic heterocycles. The molecule has 0 fully saturated rings. The quantitative estimate of drug-likeness (QED) is 0.829. The lowest BCUT2D eigenvalue weighted by Crippen LogP contribution is -2.10. The van der Waals surface area contributed by atoms with Gasteiger partial charge in [-0.3, -0.25) is 0 Å². The van der Waals surface area contributed by atoms with Gasteiger partial charge in [-0.1, -0.05) is 29.8 Å². The monoisotopic (exact) mass is 270 g/mol. The van der Waals surface area contributed by atoms with Gasteiger partial charge < -0.3 is 4.74 Å². The molecule has 0 unspecified atom stereocenters. The van der Waals surface area contributed by atoms with Crippen LogP contribution in [-0.2, 0) is 14.6 Å². The first kappa shape index (κ1) is 12.2. The van der Waals surface area contributed by atoms with Crippen LogP contribution in [0.15, 0.2) is 57.2 Å². The number of ether oxygens (including phenoxy) is 1. The maximum absolute atomic E-state index is 12.3. The Kier molecular flexibility index (Phi) is 3.26. The van der Waals surface area contributed by atoms with Crippen molar-refractivity contribution in [3.05, 3.63) is 52.3 Å². The van der Waals surface area contributed by atoms with Crippen LogP contribution in [0.1, 0.15) is 13.3 Å². The summed E-state index contributed by atoms with van der Waals surface area (Å²) < 4.78 is 29.8. The van der Waals surface area contributed by atoms with Crippen LogP contribution < -0.4 is 0 Å². The van der Waals surface area contributed by atoms with E-state index >= 15 is 0 Å². The first-order chi connectivity index (χ1) is 8.01. The van der Waals surface area contributed by atoms with Crippen molar-refractivity contribution in [3.63, 3.8) is 0 Å². The lowest BCUT2D eigenvalue weighted by molar-refractivity contribution is 0.339. The van der Waals surface area contributed by atoms with Crippen LogP contribution in [0, 0.1) is 0 Å². The Balaban J connectivity index is 2.48. The number of benzene rings is 1. The SMILES string of the molecule is CC1=C(S(=O)(=O)c2ccccc2)CC(Cl)=CO1. The fourth-order valence-electron chi connectivity index (χ4n) is 1.56. The standard InChI is InChI=1S/C12H11ClO3S/c1-9-12(7-10(13)8-16-9)17(14,15)11-5-3-2-4-6-11/h2-6,8H,7H2,1H3. The van der Waals surface area contributed by atoms with Crippen molar-refractivity contribution in [3.8, 4) is 0 Å². The molecule has 0 bridgehead atoms. The minimum absolute atomic E-state index is 0.185. The molecule has 0 N–H and O–H groups in total. The number of halogens is 1. The molecule has 0 aliphatic carbocycles. The number of hydrogen-bond acceptors (Lipinski definition) is 3. The predicted octanol–water partition coefficient (Wildman–Crippen LogP) is 3.19. The molecule has 1 aliphatic rings. The highest BCUT2D eigenvalue weighted by molar-refractivity contribution is 7.95. The summed E-state index contributed by atoms with van der Waals surface area (Å²) in [5.74, 6) is 0.373. The first-order valence-electron chi connectivity index (χ1n) is 5.03. The maximum atomic E-state index is 12.3. The average Bonchev–Trinajstić information content (AvgIpc) is 2.33. The van der Waals surface area contributed by atoms with Gasteiger partial charge in [0.2, 0.25) is 9.84 Å². The Morgan fingerprint density at radius 2 is 1.88 bits per heavy atom. The highest BCUT2D eigenvalue weighted by Gasteiger charge is 2.26. The van der Waals surface area contributed by atoms with Crippen LogP contribution >= 0.6 is 11.6 Å². The van der Waals surface area contributed by atoms with Crippen molar-refractivity contribution in [2.45, 2.75) is 18.2 Å². The molecular formula is C12H11ClO3S. The first-order valence-corrected chi connectivity index (χ1v) is 6.89. The minimum Gasteiger partial charge on any atom is -0.467 e. The molecule has 90 valence electrons. The van der Waals surface area contributed by atoms with Crippen molar-refractivity contribution >= 4 is 21.4 Å². The highest BCUT2D eigenvalue weighted by Crippen LogP contribution is 2.32. The van der Waals surface area contributed by atoms with E-state index < -0.39 is 9.84 Å². The summed E-state index contributed by atoms with van der Waals surface area (Å²) in [5.41, 5.74) is 0. The topological polar surface area (TPSA) is 43.4 Å². The fraction of sp³-hybridized carbons (Fsp3) is 0.167. The third-order valence-electron chi connectivity index (χ3n) is 2.46. The van der Waals surface area contributed by atoms with Gasteiger partial charge in [0, 0.05) is 6.42 Å². The van der Waals surface area contributed by atoms with Gasteiger partial charge in [-0.2, -0.15) is 0 Å². The smallest absolute Gasteiger partial charge is 0.206 e. The Bertz CT molecular complexity index is 585. The van der Waals surface area contributed by atoms with E-state index in [9.17, 15) is 8.42 Å². The second kappa shape index (κ2) is 4.55. The molecule has 0 amide bonds. The maximum Gasteiger partial charge on any atom is 0.206 e. The van der Waals surface area contributed by atoms with Gasteiger partial charge in [-0.25, -0.2) is 8.42 Å². The van der Waals surface area contributed by atoms with Crippen molar-refractivity contribution < 1.29 is 13.2 Å². The van der Waals surface area contributed by atoms with Crippen LogP contribution in [-0.4, -0.2) is 8.42 Å². The van der Waals surface area contributed by atoms with Gasteiger partial charge in [-0.15, -0.1) is 0 Å². The van der Waals surface area contributed by atoms with Gasteiger partial charge in [0.15, 0.2) is 0 Å². The van der Waals surface area contributed by atoms with E-state index in [4.69, 9.17) is 16.3 Å². The predicted molar refractivity (Wildman–Crippen MR) is 66.0 cm³/mol. The third-order valence-corrected chi connectivity index (χ3v) is 4.66. The zero-order chi connectivity index (χ0) is 12.5. The molecule has 1 heterocycles. The molecule has 0 atom stereocenters. The summed E-state index contributed by atoms with van der Waals surface area (Å²) in [6, 6.07) is 8.25. The van der Waals surface area contributed by atoms with Gasteiger partial charge in [-0.05, 0) is 19.1 Å². The van der Waals surface area contributed by atoms with Crippen LogP contribution in [0.25, 0.3) is 0 Å². The molecule has 1 aliphatic heterocycles. The number of sulfone groups is 1. The molecule has 17 heavy (non-hydrogen) atoms. The molecule has 5 heteroatoms. The molecular weight excluding hydrogens is 260 g/mol. The molecule has 0 radical (unpaired) electrons. The summed E-state index contributed by atoms with van der Waals surface area (Å²) in [4.78, 5) is 0.473. The van der Waals surface area contributed by atoms with E-state index in [1.807, 2.05) is 0 Å². The molecule has 1 aromatic carbocycles. The second-order valence-electron chi connectivity index (χ2n) is 3.66. The summed E-state index contributed by atoms with van der Waals surface area (Å²) >= 11 is 5.81. The van der Waals surface area contributed by atoms with Crippen LogP contribution in [0.4, 0.5) is 0 Å². The van der Waals surface area contributed by atoms with Crippen LogP contribution in [0.2, 0.25) is 0 Å². The summed E-state index contributed by atoms with van der Waals surface area (Å²) in [6.07, 6.45) is 1.55. The largest absolute Gasteiger partial charge is 0.467 e. The number of hydrogen-bond donors (Lipinski definition) is 0. The summed E-state index contributed by atoms with van der Waals surface area (Å²) in [6.45, 7) is 1.62. The van der Waals surface area contributed by atoms with E-state index in [-0.39, 0.29) is 16.2 Å². The van der Waals surface area contributed by atoms with E-state index in [0.29, 0.717) is 10.8 Å². The molecule has 2 rings (SSSR count). The van der Waals surface area contributed by atoms with Gasteiger partial charge in [0.1, 0.15) is 12.0 Å². The molecule has 3 nitrogen and oxygen atoms in total. The second-order valence-corrected chi connectivity index (χ2v) is 6.11. The highest BCUT2D eigenvalue weighted by atomic mass is 35.5. The summed E-state index contributed by atoms with van der Waals surface area (Å²) in [5, 5.41) is 0.380. The molecule has 0 spiro atoms. The van der Waals surface area contributed by atoms with Gasteiger partial charge in [0.25, 0.3) is 0 Å². The average molecular weight is 271 g/mol. The Morgan fingerprint density at radius 3 is 2.53 bits per heavy atom. The Labute approximate surface area is 105 Å². The lowest BCUT2D eigenvalue weighted by Gasteiger charge is -2.16. The zero-order valence-electron chi connectivity index (χ0n) is 9.18. The van der Waals surface area contributed by atoms with Crippen LogP contribution in [0.3, 0.4) is 0 Å². The molecule has 1 aromatic rings. The van der Waals surface area contributed by atoms with Crippen molar-refractivity contribution in [1.29, 1.82) is 0 Å². The van der Waals surface area contributed by atoms with Crippen molar-refractivity contribution in [1.82, 2.24) is 0 Å². The Morgan fingerprint density at radius 1 is 1.24 bits per heavy atom. The number of rotatable bonds is 2. The lowest BCUT2D eigenvalue weighted by atomic mass is 10.3. The van der Waals surface area contributed by atoms with Crippen molar-refractivity contribution in [2.75, 3.05) is 0 Å². The Hall–Kier alpha value is -1.26.